The van der Waals surface area contributed by atoms with Crippen molar-refractivity contribution in [1.29, 1.82) is 0 Å². The van der Waals surface area contributed by atoms with Gasteiger partial charge in [0, 0.05) is 6.54 Å². The first-order valence-corrected chi connectivity index (χ1v) is 7.15. The van der Waals surface area contributed by atoms with Crippen molar-refractivity contribution < 1.29 is 14.3 Å². The number of amides is 1. The highest BCUT2D eigenvalue weighted by molar-refractivity contribution is 5.78. The molecule has 0 aliphatic carbocycles. The van der Waals surface area contributed by atoms with Crippen LogP contribution in [-0.2, 0) is 17.8 Å². The topological polar surface area (TPSA) is 47.6 Å². The molecule has 4 nitrogen and oxygen atoms in total. The molecule has 0 radical (unpaired) electrons. The molecule has 0 fully saturated rings. The minimum absolute atomic E-state index is 0.0123. The zero-order chi connectivity index (χ0) is 15.9. The van der Waals surface area contributed by atoms with Crippen LogP contribution >= 0.6 is 0 Å². The van der Waals surface area contributed by atoms with E-state index in [0.717, 1.165) is 28.2 Å². The average molecular weight is 299 g/mol. The Morgan fingerprint density at radius 1 is 1.05 bits per heavy atom. The van der Waals surface area contributed by atoms with Crippen molar-refractivity contribution in [2.24, 2.45) is 0 Å². The molecule has 0 spiro atoms. The van der Waals surface area contributed by atoms with Crippen LogP contribution in [0.2, 0.25) is 0 Å². The van der Waals surface area contributed by atoms with Crippen molar-refractivity contribution in [3.63, 3.8) is 0 Å². The van der Waals surface area contributed by atoms with Crippen LogP contribution in [0.25, 0.3) is 0 Å². The van der Waals surface area contributed by atoms with Crippen LogP contribution in [0, 0.1) is 6.92 Å². The van der Waals surface area contributed by atoms with Gasteiger partial charge in [0.05, 0.1) is 20.6 Å². The normalized spacial score (nSPS) is 10.1. The molecule has 1 amide bonds. The molecule has 0 heterocycles. The van der Waals surface area contributed by atoms with Crippen molar-refractivity contribution in [3.8, 4) is 11.5 Å². The Morgan fingerprint density at radius 2 is 1.86 bits per heavy atom. The van der Waals surface area contributed by atoms with Crippen molar-refractivity contribution in [3.05, 3.63) is 59.2 Å². The summed E-state index contributed by atoms with van der Waals surface area (Å²) in [5.41, 5.74) is 3.04. The van der Waals surface area contributed by atoms with Crippen LogP contribution in [0.1, 0.15) is 16.7 Å². The number of rotatable bonds is 6. The third kappa shape index (κ3) is 4.25. The Morgan fingerprint density at radius 3 is 2.55 bits per heavy atom. The Labute approximate surface area is 131 Å². The third-order valence-corrected chi connectivity index (χ3v) is 3.45. The van der Waals surface area contributed by atoms with Crippen LogP contribution in [0.3, 0.4) is 0 Å². The quantitative estimate of drug-likeness (QED) is 0.892. The van der Waals surface area contributed by atoms with Gasteiger partial charge in [0.15, 0.2) is 0 Å². The predicted octanol–water partition coefficient (Wildman–Crippen LogP) is 2.87. The van der Waals surface area contributed by atoms with E-state index in [2.05, 4.69) is 5.32 Å². The second kappa shape index (κ2) is 7.50. The summed E-state index contributed by atoms with van der Waals surface area (Å²) in [4.78, 5) is 12.0. The lowest BCUT2D eigenvalue weighted by Crippen LogP contribution is -2.24. The number of aryl methyl sites for hydroxylation is 1. The average Bonchev–Trinajstić information content (AvgIpc) is 2.53. The molecule has 22 heavy (non-hydrogen) atoms. The summed E-state index contributed by atoms with van der Waals surface area (Å²) in [6.45, 7) is 2.49. The van der Waals surface area contributed by atoms with E-state index in [1.165, 1.54) is 0 Å². The molecule has 0 saturated heterocycles. The van der Waals surface area contributed by atoms with E-state index < -0.39 is 0 Å². The second-order valence-electron chi connectivity index (χ2n) is 5.11. The van der Waals surface area contributed by atoms with Crippen molar-refractivity contribution in [1.82, 2.24) is 5.32 Å². The fourth-order valence-electron chi connectivity index (χ4n) is 2.28. The second-order valence-corrected chi connectivity index (χ2v) is 5.11. The number of methoxy groups -OCH3 is 2. The monoisotopic (exact) mass is 299 g/mol. The van der Waals surface area contributed by atoms with Crippen LogP contribution in [0.5, 0.6) is 11.5 Å². The summed E-state index contributed by atoms with van der Waals surface area (Å²) in [6, 6.07) is 13.4. The number of hydrogen-bond donors (Lipinski definition) is 1. The summed E-state index contributed by atoms with van der Waals surface area (Å²) in [5.74, 6) is 1.60. The first-order chi connectivity index (χ1) is 10.6. The number of carbonyl (C=O) groups excluding carboxylic acids is 1. The predicted molar refractivity (Wildman–Crippen MR) is 86.3 cm³/mol. The smallest absolute Gasteiger partial charge is 0.224 e. The first-order valence-electron chi connectivity index (χ1n) is 7.15. The van der Waals surface area contributed by atoms with Crippen LogP contribution in [0.15, 0.2) is 42.5 Å². The minimum atomic E-state index is -0.0123. The Kier molecular flexibility index (Phi) is 5.42. The molecule has 0 atom stereocenters. The molecule has 116 valence electrons. The number of nitrogens with one attached hydrogen (secondary N) is 1. The molecule has 0 aromatic heterocycles. The van der Waals surface area contributed by atoms with E-state index in [4.69, 9.17) is 9.47 Å². The number of benzene rings is 2. The van der Waals surface area contributed by atoms with Gasteiger partial charge in [0.1, 0.15) is 11.5 Å². The lowest BCUT2D eigenvalue weighted by atomic mass is 10.1. The Bertz CT molecular complexity index is 653. The Balaban J connectivity index is 1.91. The van der Waals surface area contributed by atoms with E-state index in [1.54, 1.807) is 14.2 Å². The van der Waals surface area contributed by atoms with Crippen LogP contribution < -0.4 is 14.8 Å². The van der Waals surface area contributed by atoms with Gasteiger partial charge in [-0.05, 0) is 41.8 Å². The summed E-state index contributed by atoms with van der Waals surface area (Å²) >= 11 is 0. The van der Waals surface area contributed by atoms with Gasteiger partial charge in [0.2, 0.25) is 5.91 Å². The van der Waals surface area contributed by atoms with Crippen molar-refractivity contribution in [2.75, 3.05) is 14.2 Å². The van der Waals surface area contributed by atoms with Gasteiger partial charge < -0.3 is 14.8 Å². The van der Waals surface area contributed by atoms with Gasteiger partial charge in [-0.1, -0.05) is 24.3 Å². The highest BCUT2D eigenvalue weighted by Crippen LogP contribution is 2.18. The molecule has 2 aromatic carbocycles. The zero-order valence-electron chi connectivity index (χ0n) is 13.2. The maximum Gasteiger partial charge on any atom is 0.224 e. The standard InChI is InChI=1S/C18H21NO3/c1-13-9-15(7-8-17(13)22-3)12-19-18(20)11-14-5-4-6-16(10-14)21-2/h4-10H,11-12H2,1-3H3,(H,19,20). The summed E-state index contributed by atoms with van der Waals surface area (Å²) < 4.78 is 10.4. The Hall–Kier alpha value is -2.49. The van der Waals surface area contributed by atoms with Gasteiger partial charge in [-0.25, -0.2) is 0 Å². The molecule has 0 aliphatic heterocycles. The summed E-state index contributed by atoms with van der Waals surface area (Å²) in [6.07, 6.45) is 0.340. The first kappa shape index (κ1) is 15.9. The number of hydrogen-bond acceptors (Lipinski definition) is 3. The largest absolute Gasteiger partial charge is 0.497 e. The maximum absolute atomic E-state index is 12.0. The third-order valence-electron chi connectivity index (χ3n) is 3.45. The lowest BCUT2D eigenvalue weighted by Gasteiger charge is -2.09. The molecule has 2 rings (SSSR count). The molecule has 0 aliphatic rings. The van der Waals surface area contributed by atoms with Gasteiger partial charge in [0.25, 0.3) is 0 Å². The van der Waals surface area contributed by atoms with E-state index in [-0.39, 0.29) is 5.91 Å². The number of carbonyl (C=O) groups is 1. The summed E-state index contributed by atoms with van der Waals surface area (Å²) in [5, 5.41) is 2.93. The van der Waals surface area contributed by atoms with Crippen molar-refractivity contribution in [2.45, 2.75) is 19.9 Å². The molecule has 2 aromatic rings. The van der Waals surface area contributed by atoms with Gasteiger partial charge in [-0.15, -0.1) is 0 Å². The summed E-state index contributed by atoms with van der Waals surface area (Å²) in [7, 11) is 3.27. The van der Waals surface area contributed by atoms with E-state index >= 15 is 0 Å². The number of ether oxygens (including phenoxy) is 2. The van der Waals surface area contributed by atoms with Gasteiger partial charge >= 0.3 is 0 Å². The van der Waals surface area contributed by atoms with E-state index in [9.17, 15) is 4.79 Å². The molecule has 0 bridgehead atoms. The highest BCUT2D eigenvalue weighted by Gasteiger charge is 2.05. The minimum Gasteiger partial charge on any atom is -0.497 e. The molecule has 0 saturated carbocycles. The highest BCUT2D eigenvalue weighted by atomic mass is 16.5. The molecule has 4 heteroatoms. The van der Waals surface area contributed by atoms with Crippen LogP contribution in [-0.4, -0.2) is 20.1 Å². The van der Waals surface area contributed by atoms with Crippen molar-refractivity contribution >= 4 is 5.91 Å². The fraction of sp³-hybridized carbons (Fsp3) is 0.278. The van der Waals surface area contributed by atoms with Crippen LogP contribution in [0.4, 0.5) is 0 Å². The zero-order valence-corrected chi connectivity index (χ0v) is 13.2. The fourth-order valence-corrected chi connectivity index (χ4v) is 2.28. The molecule has 1 N–H and O–H groups in total. The SMILES string of the molecule is COc1cccc(CC(=O)NCc2ccc(OC)c(C)c2)c1. The molecular weight excluding hydrogens is 278 g/mol. The maximum atomic E-state index is 12.0. The van der Waals surface area contributed by atoms with E-state index in [1.807, 2.05) is 49.4 Å². The molecular formula is C18H21NO3. The van der Waals surface area contributed by atoms with E-state index in [0.29, 0.717) is 13.0 Å². The molecule has 0 unspecified atom stereocenters. The van der Waals surface area contributed by atoms with Gasteiger partial charge in [-0.3, -0.25) is 4.79 Å². The lowest BCUT2D eigenvalue weighted by molar-refractivity contribution is -0.120. The van der Waals surface area contributed by atoms with Gasteiger partial charge in [-0.2, -0.15) is 0 Å².